The Bertz CT molecular complexity index is 1080. The van der Waals surface area contributed by atoms with E-state index in [-0.39, 0.29) is 22.9 Å². The van der Waals surface area contributed by atoms with Gasteiger partial charge in [-0.05, 0) is 52.2 Å². The third-order valence-corrected chi connectivity index (χ3v) is 5.29. The third-order valence-electron chi connectivity index (χ3n) is 5.29. The van der Waals surface area contributed by atoms with E-state index < -0.39 is 11.4 Å². The van der Waals surface area contributed by atoms with Gasteiger partial charge in [0.25, 0.3) is 0 Å². The summed E-state index contributed by atoms with van der Waals surface area (Å²) in [6, 6.07) is 8.58. The number of ether oxygens (including phenoxy) is 1. The quantitative estimate of drug-likeness (QED) is 0.455. The summed E-state index contributed by atoms with van der Waals surface area (Å²) in [5, 5.41) is 0. The Labute approximate surface area is 164 Å². The zero-order valence-corrected chi connectivity index (χ0v) is 16.5. The van der Waals surface area contributed by atoms with Crippen molar-refractivity contribution in [3.63, 3.8) is 0 Å². The van der Waals surface area contributed by atoms with Gasteiger partial charge in [-0.25, -0.2) is 0 Å². The van der Waals surface area contributed by atoms with Crippen molar-refractivity contribution in [2.24, 2.45) is 5.41 Å². The molecule has 0 saturated carbocycles. The molecule has 4 rings (SSSR count). The first-order chi connectivity index (χ1) is 13.2. The normalized spacial score (nSPS) is 15.4. The second-order valence-corrected chi connectivity index (χ2v) is 8.53. The highest BCUT2D eigenvalue weighted by Gasteiger charge is 2.36. The van der Waals surface area contributed by atoms with E-state index in [1.54, 1.807) is 51.1 Å². The summed E-state index contributed by atoms with van der Waals surface area (Å²) in [4.78, 5) is 39.1. The molecule has 0 saturated heterocycles. The van der Waals surface area contributed by atoms with Crippen LogP contribution in [0, 0.1) is 5.41 Å². The van der Waals surface area contributed by atoms with Crippen LogP contribution in [0.4, 0.5) is 0 Å². The van der Waals surface area contributed by atoms with Crippen LogP contribution in [-0.2, 0) is 11.2 Å². The first kappa shape index (κ1) is 18.4. The van der Waals surface area contributed by atoms with Crippen molar-refractivity contribution >= 4 is 23.6 Å². The van der Waals surface area contributed by atoms with E-state index in [4.69, 9.17) is 4.74 Å². The molecule has 0 N–H and O–H groups in total. The second-order valence-electron chi connectivity index (χ2n) is 8.53. The van der Waals surface area contributed by atoms with E-state index in [9.17, 15) is 14.4 Å². The van der Waals surface area contributed by atoms with Gasteiger partial charge in [-0.15, -0.1) is 0 Å². The zero-order chi connectivity index (χ0) is 20.2. The summed E-state index contributed by atoms with van der Waals surface area (Å²) in [6.07, 6.45) is 3.50. The first-order valence-electron chi connectivity index (χ1n) is 9.46. The number of esters is 1. The fraction of sp³-hybridized carbons (Fsp3) is 0.292. The molecule has 0 unspecified atom stereocenters. The van der Waals surface area contributed by atoms with Gasteiger partial charge in [-0.1, -0.05) is 35.9 Å². The minimum Gasteiger partial charge on any atom is -0.425 e. The predicted molar refractivity (Wildman–Crippen MR) is 107 cm³/mol. The van der Waals surface area contributed by atoms with Crippen molar-refractivity contribution in [3.05, 3.63) is 69.3 Å². The maximum atomic E-state index is 13.3. The summed E-state index contributed by atoms with van der Waals surface area (Å²) in [6.45, 7) is 7.34. The van der Waals surface area contributed by atoms with Gasteiger partial charge >= 0.3 is 5.97 Å². The molecule has 0 radical (unpaired) electrons. The van der Waals surface area contributed by atoms with E-state index >= 15 is 0 Å². The average Bonchev–Trinajstić information content (AvgIpc) is 2.64. The minimum absolute atomic E-state index is 0.210. The van der Waals surface area contributed by atoms with Crippen molar-refractivity contribution in [2.75, 3.05) is 0 Å². The smallest absolute Gasteiger partial charge is 0.316 e. The van der Waals surface area contributed by atoms with Crippen molar-refractivity contribution in [1.82, 2.24) is 0 Å². The van der Waals surface area contributed by atoms with Crippen LogP contribution in [0.1, 0.15) is 77.1 Å². The van der Waals surface area contributed by atoms with Crippen LogP contribution in [0.3, 0.4) is 0 Å². The number of carbonyl (C=O) groups excluding carboxylic acids is 3. The summed E-state index contributed by atoms with van der Waals surface area (Å²) < 4.78 is 5.80. The molecule has 2 aromatic carbocycles. The molecule has 4 heteroatoms. The SMILES string of the molecule is CC1=Cc2cc3c(c(OC(=O)C(C)(C)C)c2CC1)C(=O)c1ccccc1C3=O. The van der Waals surface area contributed by atoms with E-state index in [0.29, 0.717) is 23.1 Å². The number of hydrogen-bond donors (Lipinski definition) is 0. The molecule has 2 aromatic rings. The van der Waals surface area contributed by atoms with Crippen LogP contribution in [0.15, 0.2) is 35.9 Å². The molecule has 0 atom stereocenters. The largest absolute Gasteiger partial charge is 0.425 e. The van der Waals surface area contributed by atoms with Gasteiger partial charge < -0.3 is 4.74 Å². The van der Waals surface area contributed by atoms with E-state index in [1.807, 2.05) is 13.0 Å². The Morgan fingerprint density at radius 2 is 1.61 bits per heavy atom. The maximum absolute atomic E-state index is 13.3. The highest BCUT2D eigenvalue weighted by molar-refractivity contribution is 6.29. The Kier molecular flexibility index (Phi) is 4.11. The maximum Gasteiger partial charge on any atom is 0.316 e. The van der Waals surface area contributed by atoms with Crippen LogP contribution >= 0.6 is 0 Å². The third kappa shape index (κ3) is 2.80. The highest BCUT2D eigenvalue weighted by atomic mass is 16.5. The Morgan fingerprint density at radius 1 is 0.964 bits per heavy atom. The van der Waals surface area contributed by atoms with Gasteiger partial charge in [0.15, 0.2) is 11.6 Å². The van der Waals surface area contributed by atoms with Gasteiger partial charge in [0.1, 0.15) is 5.75 Å². The lowest BCUT2D eigenvalue weighted by molar-refractivity contribution is -0.143. The lowest BCUT2D eigenvalue weighted by Crippen LogP contribution is -2.29. The predicted octanol–water partition coefficient (Wildman–Crippen LogP) is 4.76. The van der Waals surface area contributed by atoms with Crippen molar-refractivity contribution < 1.29 is 19.1 Å². The lowest BCUT2D eigenvalue weighted by Gasteiger charge is -2.27. The minimum atomic E-state index is -0.727. The van der Waals surface area contributed by atoms with Crippen molar-refractivity contribution in [1.29, 1.82) is 0 Å². The molecule has 0 aliphatic heterocycles. The number of ketones is 2. The number of hydrogen-bond acceptors (Lipinski definition) is 4. The molecule has 0 bridgehead atoms. The highest BCUT2D eigenvalue weighted by Crippen LogP contribution is 2.41. The van der Waals surface area contributed by atoms with Crippen LogP contribution in [0.2, 0.25) is 0 Å². The van der Waals surface area contributed by atoms with Crippen LogP contribution in [0.5, 0.6) is 5.75 Å². The first-order valence-corrected chi connectivity index (χ1v) is 9.46. The van der Waals surface area contributed by atoms with Crippen LogP contribution in [-0.4, -0.2) is 17.5 Å². The average molecular weight is 374 g/mol. The van der Waals surface area contributed by atoms with E-state index in [1.165, 1.54) is 5.57 Å². The van der Waals surface area contributed by atoms with Gasteiger partial charge in [0, 0.05) is 22.3 Å². The molecule has 2 aliphatic rings. The number of allylic oxidation sites excluding steroid dienone is 1. The van der Waals surface area contributed by atoms with Gasteiger partial charge in [0.05, 0.1) is 11.0 Å². The molecule has 4 nitrogen and oxygen atoms in total. The zero-order valence-electron chi connectivity index (χ0n) is 16.5. The number of fused-ring (bicyclic) bond motifs is 3. The molecule has 2 aliphatic carbocycles. The molecular weight excluding hydrogens is 352 g/mol. The molecule has 28 heavy (non-hydrogen) atoms. The molecule has 0 aromatic heterocycles. The fourth-order valence-corrected chi connectivity index (χ4v) is 3.69. The topological polar surface area (TPSA) is 60.4 Å². The number of carbonyl (C=O) groups is 3. The fourth-order valence-electron chi connectivity index (χ4n) is 3.69. The second kappa shape index (κ2) is 6.26. The molecule has 0 spiro atoms. The standard InChI is InChI=1S/C24H22O4/c1-13-9-10-15-14(11-13)12-18-19(22(15)28-23(27)24(2,3)4)21(26)17-8-6-5-7-16(17)20(18)25/h5-8,11-12H,9-10H2,1-4H3. The summed E-state index contributed by atoms with van der Waals surface area (Å²) >= 11 is 0. The van der Waals surface area contributed by atoms with Crippen molar-refractivity contribution in [2.45, 2.75) is 40.5 Å². The molecule has 142 valence electrons. The molecule has 0 heterocycles. The molecule has 0 fully saturated rings. The molecule has 0 amide bonds. The summed E-state index contributed by atoms with van der Waals surface area (Å²) in [7, 11) is 0. The molecular formula is C24H22O4. The number of benzene rings is 2. The Hall–Kier alpha value is -3.01. The van der Waals surface area contributed by atoms with Gasteiger partial charge in [-0.3, -0.25) is 14.4 Å². The van der Waals surface area contributed by atoms with Crippen LogP contribution in [0.25, 0.3) is 6.08 Å². The van der Waals surface area contributed by atoms with Crippen LogP contribution < -0.4 is 4.74 Å². The summed E-state index contributed by atoms with van der Waals surface area (Å²) in [5.41, 5.74) is 3.41. The van der Waals surface area contributed by atoms with Gasteiger partial charge in [0.2, 0.25) is 0 Å². The van der Waals surface area contributed by atoms with Crippen molar-refractivity contribution in [3.8, 4) is 5.75 Å². The number of rotatable bonds is 1. The summed E-state index contributed by atoms with van der Waals surface area (Å²) in [5.74, 6) is -0.647. The van der Waals surface area contributed by atoms with Gasteiger partial charge in [-0.2, -0.15) is 0 Å². The Morgan fingerprint density at radius 3 is 2.25 bits per heavy atom. The van der Waals surface area contributed by atoms with E-state index in [2.05, 4.69) is 0 Å². The Balaban J connectivity index is 2.00. The monoisotopic (exact) mass is 374 g/mol. The van der Waals surface area contributed by atoms with E-state index in [0.717, 1.165) is 17.5 Å². The lowest BCUT2D eigenvalue weighted by atomic mass is 9.79.